The van der Waals surface area contributed by atoms with Crippen LogP contribution in [0.4, 0.5) is 22.6 Å². The molecule has 0 aliphatic heterocycles. The summed E-state index contributed by atoms with van der Waals surface area (Å²) >= 11 is 1.20. The SMILES string of the molecule is C[C@H]1CCc2c(sc(NC(=O)COc3c(F)c(F)cc(F)c3F)c2C(N)=O)C1. The molecule has 0 bridgehead atoms. The fourth-order valence-corrected chi connectivity index (χ4v) is 4.51. The van der Waals surface area contributed by atoms with Crippen molar-refractivity contribution < 1.29 is 31.9 Å². The molecule has 1 aliphatic rings. The number of nitrogens with two attached hydrogens (primary N) is 1. The Morgan fingerprint density at radius 1 is 1.25 bits per heavy atom. The number of thiophene rings is 1. The van der Waals surface area contributed by atoms with E-state index in [0.717, 1.165) is 23.3 Å². The number of benzene rings is 1. The van der Waals surface area contributed by atoms with Crippen LogP contribution < -0.4 is 15.8 Å². The molecule has 1 atom stereocenters. The van der Waals surface area contributed by atoms with Crippen molar-refractivity contribution in [3.8, 4) is 5.75 Å². The predicted octanol–water partition coefficient (Wildman–Crippen LogP) is 3.55. The summed E-state index contributed by atoms with van der Waals surface area (Å²) in [7, 11) is 0. The van der Waals surface area contributed by atoms with Crippen molar-refractivity contribution in [2.75, 3.05) is 11.9 Å². The molecule has 2 aromatic rings. The molecule has 0 unspecified atom stereocenters. The number of anilines is 1. The predicted molar refractivity (Wildman–Crippen MR) is 94.4 cm³/mol. The van der Waals surface area contributed by atoms with Gasteiger partial charge < -0.3 is 15.8 Å². The molecule has 28 heavy (non-hydrogen) atoms. The number of hydrogen-bond donors (Lipinski definition) is 2. The second-order valence-corrected chi connectivity index (χ2v) is 7.66. The third-order valence-electron chi connectivity index (χ3n) is 4.43. The molecular formula is C18H16F4N2O3S. The first kappa shape index (κ1) is 20.1. The Morgan fingerprint density at radius 3 is 2.50 bits per heavy atom. The summed E-state index contributed by atoms with van der Waals surface area (Å²) in [4.78, 5) is 24.9. The van der Waals surface area contributed by atoms with Gasteiger partial charge in [0, 0.05) is 10.9 Å². The third kappa shape index (κ3) is 3.82. The molecule has 10 heteroatoms. The number of carbonyl (C=O) groups is 2. The fraction of sp³-hybridized carbons (Fsp3) is 0.333. The van der Waals surface area contributed by atoms with Gasteiger partial charge in [-0.1, -0.05) is 6.92 Å². The lowest BCUT2D eigenvalue weighted by atomic mass is 9.88. The van der Waals surface area contributed by atoms with Crippen LogP contribution in [0, 0.1) is 29.2 Å². The average molecular weight is 416 g/mol. The van der Waals surface area contributed by atoms with Crippen LogP contribution in [0.25, 0.3) is 0 Å². The molecule has 2 amide bonds. The molecule has 0 radical (unpaired) electrons. The van der Waals surface area contributed by atoms with Gasteiger partial charge in [-0.2, -0.15) is 8.78 Å². The number of rotatable bonds is 5. The van der Waals surface area contributed by atoms with E-state index in [9.17, 15) is 27.2 Å². The number of halogens is 4. The molecule has 3 rings (SSSR count). The molecule has 1 aromatic carbocycles. The number of primary amides is 1. The van der Waals surface area contributed by atoms with E-state index in [0.29, 0.717) is 12.3 Å². The van der Waals surface area contributed by atoms with Crippen molar-refractivity contribution in [1.29, 1.82) is 0 Å². The number of ether oxygens (including phenoxy) is 1. The van der Waals surface area contributed by atoms with Crippen LogP contribution in [0.2, 0.25) is 0 Å². The Kier molecular flexibility index (Phi) is 5.59. The smallest absolute Gasteiger partial charge is 0.262 e. The summed E-state index contributed by atoms with van der Waals surface area (Å²) in [6, 6.07) is 0.0356. The normalized spacial score (nSPS) is 15.8. The van der Waals surface area contributed by atoms with Crippen LogP contribution in [-0.2, 0) is 17.6 Å². The minimum atomic E-state index is -1.75. The van der Waals surface area contributed by atoms with Gasteiger partial charge in [0.25, 0.3) is 11.8 Å². The van der Waals surface area contributed by atoms with E-state index in [4.69, 9.17) is 5.73 Å². The maximum Gasteiger partial charge on any atom is 0.262 e. The summed E-state index contributed by atoms with van der Waals surface area (Å²) in [6.45, 7) is 1.15. The van der Waals surface area contributed by atoms with Crippen molar-refractivity contribution in [3.63, 3.8) is 0 Å². The standard InChI is InChI=1S/C18H16F4N2O3S/c1-7-2-3-8-11(4-7)28-18(13(8)17(23)26)24-12(25)6-27-16-14(21)9(19)5-10(20)15(16)22/h5,7H,2-4,6H2,1H3,(H2,23,26)(H,24,25)/t7-/m0/s1. The lowest BCUT2D eigenvalue weighted by Crippen LogP contribution is -2.23. The molecule has 0 saturated carbocycles. The van der Waals surface area contributed by atoms with E-state index in [1.165, 1.54) is 11.3 Å². The van der Waals surface area contributed by atoms with E-state index in [2.05, 4.69) is 17.0 Å². The zero-order valence-corrected chi connectivity index (χ0v) is 15.5. The Hall–Kier alpha value is -2.62. The minimum Gasteiger partial charge on any atom is -0.477 e. The van der Waals surface area contributed by atoms with Gasteiger partial charge in [0.15, 0.2) is 24.0 Å². The number of amides is 2. The Balaban J connectivity index is 1.77. The van der Waals surface area contributed by atoms with Gasteiger partial charge in [0.05, 0.1) is 5.56 Å². The molecule has 1 aliphatic carbocycles. The highest BCUT2D eigenvalue weighted by molar-refractivity contribution is 7.17. The van der Waals surface area contributed by atoms with Crippen LogP contribution in [0.3, 0.4) is 0 Å². The van der Waals surface area contributed by atoms with Crippen molar-refractivity contribution in [3.05, 3.63) is 45.3 Å². The maximum atomic E-state index is 13.6. The largest absolute Gasteiger partial charge is 0.477 e. The molecule has 1 aromatic heterocycles. The van der Waals surface area contributed by atoms with Gasteiger partial charge in [0.2, 0.25) is 11.6 Å². The first-order valence-electron chi connectivity index (χ1n) is 8.39. The lowest BCUT2D eigenvalue weighted by Gasteiger charge is -2.18. The molecule has 0 saturated heterocycles. The van der Waals surface area contributed by atoms with Crippen LogP contribution >= 0.6 is 11.3 Å². The molecule has 150 valence electrons. The number of fused-ring (bicyclic) bond motifs is 1. The molecular weight excluding hydrogens is 400 g/mol. The number of nitrogens with one attached hydrogen (secondary N) is 1. The summed E-state index contributed by atoms with van der Waals surface area (Å²) in [6.07, 6.45) is 2.27. The zero-order chi connectivity index (χ0) is 20.6. The maximum absolute atomic E-state index is 13.6. The van der Waals surface area contributed by atoms with Crippen LogP contribution in [0.1, 0.15) is 34.1 Å². The average Bonchev–Trinajstić information content (AvgIpc) is 2.96. The van der Waals surface area contributed by atoms with Crippen LogP contribution in [0.15, 0.2) is 6.07 Å². The minimum absolute atomic E-state index is 0.0356. The summed E-state index contributed by atoms with van der Waals surface area (Å²) < 4.78 is 58.2. The fourth-order valence-electron chi connectivity index (χ4n) is 3.08. The van der Waals surface area contributed by atoms with Crippen LogP contribution in [-0.4, -0.2) is 18.4 Å². The molecule has 0 fully saturated rings. The Bertz CT molecular complexity index is 935. The van der Waals surface area contributed by atoms with Gasteiger partial charge in [-0.3, -0.25) is 9.59 Å². The quantitative estimate of drug-likeness (QED) is 0.578. The van der Waals surface area contributed by atoms with Crippen molar-refractivity contribution in [2.24, 2.45) is 11.7 Å². The van der Waals surface area contributed by atoms with Gasteiger partial charge in [-0.25, -0.2) is 8.78 Å². The van der Waals surface area contributed by atoms with Gasteiger partial charge in [-0.05, 0) is 30.7 Å². The molecule has 0 spiro atoms. The van der Waals surface area contributed by atoms with Crippen molar-refractivity contribution in [1.82, 2.24) is 0 Å². The summed E-state index contributed by atoms with van der Waals surface area (Å²) in [5, 5.41) is 2.64. The van der Waals surface area contributed by atoms with E-state index in [1.54, 1.807) is 0 Å². The third-order valence-corrected chi connectivity index (χ3v) is 5.60. The summed E-state index contributed by atoms with van der Waals surface area (Å²) in [5.74, 6) is -9.26. The van der Waals surface area contributed by atoms with E-state index < -0.39 is 47.4 Å². The first-order chi connectivity index (χ1) is 13.2. The van der Waals surface area contributed by atoms with Crippen LogP contribution in [0.5, 0.6) is 5.75 Å². The Labute approximate surface area is 161 Å². The van der Waals surface area contributed by atoms with Gasteiger partial charge >= 0.3 is 0 Å². The van der Waals surface area contributed by atoms with Crippen molar-refractivity contribution in [2.45, 2.75) is 26.2 Å². The topological polar surface area (TPSA) is 81.4 Å². The van der Waals surface area contributed by atoms with E-state index in [1.807, 2.05) is 0 Å². The second-order valence-electron chi connectivity index (χ2n) is 6.55. The zero-order valence-electron chi connectivity index (χ0n) is 14.7. The number of carbonyl (C=O) groups excluding carboxylic acids is 2. The molecule has 3 N–H and O–H groups in total. The first-order valence-corrected chi connectivity index (χ1v) is 9.20. The monoisotopic (exact) mass is 416 g/mol. The summed E-state index contributed by atoms with van der Waals surface area (Å²) in [5.41, 5.74) is 6.43. The number of hydrogen-bond acceptors (Lipinski definition) is 4. The molecule has 5 nitrogen and oxygen atoms in total. The highest BCUT2D eigenvalue weighted by Crippen LogP contribution is 2.39. The van der Waals surface area contributed by atoms with Crippen molar-refractivity contribution >= 4 is 28.2 Å². The van der Waals surface area contributed by atoms with Gasteiger partial charge in [0.1, 0.15) is 5.00 Å². The lowest BCUT2D eigenvalue weighted by molar-refractivity contribution is -0.118. The Morgan fingerprint density at radius 2 is 1.89 bits per heavy atom. The highest BCUT2D eigenvalue weighted by Gasteiger charge is 2.27. The van der Waals surface area contributed by atoms with E-state index in [-0.39, 0.29) is 16.6 Å². The second kappa shape index (κ2) is 7.78. The van der Waals surface area contributed by atoms with Gasteiger partial charge in [-0.15, -0.1) is 11.3 Å². The highest BCUT2D eigenvalue weighted by atomic mass is 32.1. The van der Waals surface area contributed by atoms with E-state index >= 15 is 0 Å². The molecule has 1 heterocycles.